The summed E-state index contributed by atoms with van der Waals surface area (Å²) in [5, 5.41) is 12.2. The Hall–Kier alpha value is -1.17. The largest absolute Gasteiger partial charge is 0.312 e. The summed E-state index contributed by atoms with van der Waals surface area (Å²) in [4.78, 5) is 11.4. The number of nitrogens with one attached hydrogen (secondary N) is 2. The predicted molar refractivity (Wildman–Crippen MR) is 92.9 cm³/mol. The number of hydroxylamine groups is 1. The van der Waals surface area contributed by atoms with Crippen molar-refractivity contribution in [1.29, 1.82) is 0 Å². The highest BCUT2D eigenvalue weighted by molar-refractivity contribution is 9.10. The number of benzene rings is 1. The molecule has 1 aromatic rings. The number of carbonyl (C=O) groups excluding carboxylic acids is 1. The molecule has 1 aromatic carbocycles. The summed E-state index contributed by atoms with van der Waals surface area (Å²) in [5.41, 5.74) is 3.39. The van der Waals surface area contributed by atoms with E-state index in [1.807, 2.05) is 12.1 Å². The summed E-state index contributed by atoms with van der Waals surface area (Å²) >= 11 is 3.47. The Labute approximate surface area is 141 Å². The van der Waals surface area contributed by atoms with E-state index in [0.29, 0.717) is 5.56 Å². The van der Waals surface area contributed by atoms with Gasteiger partial charge < -0.3 is 5.32 Å². The Balaban J connectivity index is 2.68. The van der Waals surface area contributed by atoms with Crippen molar-refractivity contribution < 1.29 is 10.0 Å². The SMILES string of the molecule is C=CCC(CC)(CC)CNCc1ccc(C(=O)NO)cc1Br. The van der Waals surface area contributed by atoms with Gasteiger partial charge >= 0.3 is 0 Å². The molecule has 3 N–H and O–H groups in total. The first-order valence-corrected chi connectivity index (χ1v) is 8.35. The van der Waals surface area contributed by atoms with E-state index in [-0.39, 0.29) is 5.41 Å². The topological polar surface area (TPSA) is 61.4 Å². The standard InChI is InChI=1S/C17H25BrN2O2/c1-4-9-17(5-2,6-3)12-19-11-14-8-7-13(10-15(14)18)16(21)20-22/h4,7-8,10,19,22H,1,5-6,9,11-12H2,2-3H3,(H,20,21). The van der Waals surface area contributed by atoms with E-state index in [9.17, 15) is 4.79 Å². The second kappa shape index (κ2) is 9.08. The number of rotatable bonds is 9. The van der Waals surface area contributed by atoms with Crippen molar-refractivity contribution in [3.8, 4) is 0 Å². The monoisotopic (exact) mass is 368 g/mol. The minimum Gasteiger partial charge on any atom is -0.312 e. The molecule has 0 atom stereocenters. The van der Waals surface area contributed by atoms with E-state index in [2.05, 4.69) is 41.7 Å². The Bertz CT molecular complexity index is 513. The zero-order valence-electron chi connectivity index (χ0n) is 13.3. The van der Waals surface area contributed by atoms with Gasteiger partial charge in [-0.2, -0.15) is 0 Å². The molecule has 4 nitrogen and oxygen atoms in total. The first-order valence-electron chi connectivity index (χ1n) is 7.56. The fourth-order valence-corrected chi connectivity index (χ4v) is 3.04. The van der Waals surface area contributed by atoms with Crippen molar-refractivity contribution >= 4 is 21.8 Å². The zero-order valence-corrected chi connectivity index (χ0v) is 14.9. The molecule has 0 spiro atoms. The predicted octanol–water partition coefficient (Wildman–Crippen LogP) is 4.04. The average Bonchev–Trinajstić information content (AvgIpc) is 2.54. The van der Waals surface area contributed by atoms with Crippen molar-refractivity contribution in [1.82, 2.24) is 10.8 Å². The van der Waals surface area contributed by atoms with Gasteiger partial charge in [-0.25, -0.2) is 5.48 Å². The summed E-state index contributed by atoms with van der Waals surface area (Å²) in [6, 6.07) is 5.29. The summed E-state index contributed by atoms with van der Waals surface area (Å²) in [6.45, 7) is 9.94. The van der Waals surface area contributed by atoms with Gasteiger partial charge in [0.25, 0.3) is 5.91 Å². The van der Waals surface area contributed by atoms with Crippen LogP contribution >= 0.6 is 15.9 Å². The van der Waals surface area contributed by atoms with Gasteiger partial charge in [-0.15, -0.1) is 6.58 Å². The zero-order chi connectivity index (χ0) is 16.6. The van der Waals surface area contributed by atoms with Gasteiger partial charge in [0.2, 0.25) is 0 Å². The third-order valence-corrected chi connectivity index (χ3v) is 5.05. The molecule has 0 radical (unpaired) electrons. The van der Waals surface area contributed by atoms with Crippen molar-refractivity contribution in [3.63, 3.8) is 0 Å². The van der Waals surface area contributed by atoms with Crippen LogP contribution in [-0.4, -0.2) is 17.7 Å². The lowest BCUT2D eigenvalue weighted by Crippen LogP contribution is -2.33. The van der Waals surface area contributed by atoms with E-state index < -0.39 is 5.91 Å². The Kier molecular flexibility index (Phi) is 7.79. The molecule has 0 aromatic heterocycles. The van der Waals surface area contributed by atoms with Gasteiger partial charge in [0.15, 0.2) is 0 Å². The fraction of sp³-hybridized carbons (Fsp3) is 0.471. The van der Waals surface area contributed by atoms with Crippen LogP contribution in [0.4, 0.5) is 0 Å². The third-order valence-electron chi connectivity index (χ3n) is 4.31. The van der Waals surface area contributed by atoms with Crippen LogP contribution in [0.3, 0.4) is 0 Å². The average molecular weight is 369 g/mol. The molecule has 122 valence electrons. The summed E-state index contributed by atoms with van der Waals surface area (Å²) < 4.78 is 0.850. The smallest absolute Gasteiger partial charge is 0.274 e. The van der Waals surface area contributed by atoms with Crippen molar-refractivity contribution in [2.24, 2.45) is 5.41 Å². The number of carbonyl (C=O) groups is 1. The molecular formula is C17H25BrN2O2. The molecule has 0 aliphatic heterocycles. The van der Waals surface area contributed by atoms with Crippen LogP contribution in [-0.2, 0) is 6.54 Å². The Morgan fingerprint density at radius 2 is 2.09 bits per heavy atom. The second-order valence-electron chi connectivity index (χ2n) is 5.55. The first kappa shape index (κ1) is 18.9. The van der Waals surface area contributed by atoms with E-state index in [0.717, 1.165) is 42.4 Å². The number of hydrogen-bond acceptors (Lipinski definition) is 3. The van der Waals surface area contributed by atoms with E-state index in [4.69, 9.17) is 5.21 Å². The van der Waals surface area contributed by atoms with Crippen molar-refractivity contribution in [2.45, 2.75) is 39.7 Å². The van der Waals surface area contributed by atoms with Gasteiger partial charge in [-0.3, -0.25) is 10.0 Å². The molecule has 0 aliphatic carbocycles. The van der Waals surface area contributed by atoms with Crippen LogP contribution < -0.4 is 10.8 Å². The van der Waals surface area contributed by atoms with Gasteiger partial charge in [0.05, 0.1) is 0 Å². The minimum absolute atomic E-state index is 0.255. The van der Waals surface area contributed by atoms with Crippen LogP contribution in [0.15, 0.2) is 35.3 Å². The summed E-state index contributed by atoms with van der Waals surface area (Å²) in [7, 11) is 0. The lowest BCUT2D eigenvalue weighted by atomic mass is 9.79. The Morgan fingerprint density at radius 1 is 1.41 bits per heavy atom. The number of halogens is 1. The van der Waals surface area contributed by atoms with E-state index >= 15 is 0 Å². The molecule has 1 rings (SSSR count). The lowest BCUT2D eigenvalue weighted by molar-refractivity contribution is 0.0706. The van der Waals surface area contributed by atoms with Gasteiger partial charge in [-0.1, -0.05) is 41.9 Å². The molecule has 22 heavy (non-hydrogen) atoms. The van der Waals surface area contributed by atoms with Crippen LogP contribution in [0.1, 0.15) is 49.0 Å². The molecule has 0 saturated heterocycles. The van der Waals surface area contributed by atoms with Crippen molar-refractivity contribution in [3.05, 3.63) is 46.5 Å². The first-order chi connectivity index (χ1) is 10.5. The van der Waals surface area contributed by atoms with E-state index in [1.54, 1.807) is 17.6 Å². The molecule has 0 aliphatic rings. The highest BCUT2D eigenvalue weighted by Gasteiger charge is 2.23. The maximum Gasteiger partial charge on any atom is 0.274 e. The number of amides is 1. The van der Waals surface area contributed by atoms with Gasteiger partial charge in [-0.05, 0) is 42.4 Å². The van der Waals surface area contributed by atoms with E-state index in [1.165, 1.54) is 0 Å². The van der Waals surface area contributed by atoms with Gasteiger partial charge in [0, 0.05) is 23.1 Å². The van der Waals surface area contributed by atoms with Crippen molar-refractivity contribution in [2.75, 3.05) is 6.54 Å². The van der Waals surface area contributed by atoms with Crippen LogP contribution in [0.25, 0.3) is 0 Å². The number of allylic oxidation sites excluding steroid dienone is 1. The molecule has 0 heterocycles. The molecule has 1 amide bonds. The highest BCUT2D eigenvalue weighted by atomic mass is 79.9. The molecule has 0 saturated carbocycles. The second-order valence-corrected chi connectivity index (χ2v) is 6.40. The maximum absolute atomic E-state index is 11.4. The molecule has 0 unspecified atom stereocenters. The molecule has 0 bridgehead atoms. The quantitative estimate of drug-likeness (QED) is 0.350. The molecule has 0 fully saturated rings. The minimum atomic E-state index is -0.512. The van der Waals surface area contributed by atoms with Crippen LogP contribution in [0.2, 0.25) is 0 Å². The Morgan fingerprint density at radius 3 is 2.59 bits per heavy atom. The molecule has 5 heteroatoms. The van der Waals surface area contributed by atoms with Gasteiger partial charge in [0.1, 0.15) is 0 Å². The normalized spacial score (nSPS) is 11.3. The summed E-state index contributed by atoms with van der Waals surface area (Å²) in [6.07, 6.45) is 5.22. The van der Waals surface area contributed by atoms with Crippen LogP contribution in [0.5, 0.6) is 0 Å². The fourth-order valence-electron chi connectivity index (χ4n) is 2.53. The highest BCUT2D eigenvalue weighted by Crippen LogP contribution is 2.30. The third kappa shape index (κ3) is 4.93. The van der Waals surface area contributed by atoms with Crippen LogP contribution in [0, 0.1) is 5.41 Å². The summed E-state index contributed by atoms with van der Waals surface area (Å²) in [5.74, 6) is -0.512. The molecular weight excluding hydrogens is 344 g/mol. The number of hydrogen-bond donors (Lipinski definition) is 3. The lowest BCUT2D eigenvalue weighted by Gasteiger charge is -2.31. The maximum atomic E-state index is 11.4.